The first-order valence-electron chi connectivity index (χ1n) is 9.62. The molecule has 0 radical (unpaired) electrons. The van der Waals surface area contributed by atoms with Crippen LogP contribution in [0.2, 0.25) is 0 Å². The fourth-order valence-electron chi connectivity index (χ4n) is 4.72. The molecule has 1 amide bonds. The van der Waals surface area contributed by atoms with E-state index in [0.717, 1.165) is 30.9 Å². The molecule has 1 spiro atoms. The van der Waals surface area contributed by atoms with Crippen molar-refractivity contribution >= 4 is 21.8 Å². The second-order valence-electron chi connectivity index (χ2n) is 7.71. The first-order chi connectivity index (χ1) is 13.8. The predicted molar refractivity (Wildman–Crippen MR) is 107 cm³/mol. The summed E-state index contributed by atoms with van der Waals surface area (Å²) in [5.41, 5.74) is -0.346. The van der Waals surface area contributed by atoms with Gasteiger partial charge in [-0.2, -0.15) is 13.2 Å². The SMILES string of the molecule is COc1ccc(CN2C(=O)c3c(C(F)(F)F)cc(Br)cc3C23CCCCC3)cc1. The highest BCUT2D eigenvalue weighted by atomic mass is 79.9. The second-order valence-corrected chi connectivity index (χ2v) is 8.62. The fourth-order valence-corrected chi connectivity index (χ4v) is 5.17. The summed E-state index contributed by atoms with van der Waals surface area (Å²) in [4.78, 5) is 15.0. The number of nitrogens with zero attached hydrogens (tertiary/aromatic N) is 1. The Bertz CT molecular complexity index is 934. The Morgan fingerprint density at radius 3 is 2.34 bits per heavy atom. The van der Waals surface area contributed by atoms with Crippen LogP contribution in [0.3, 0.4) is 0 Å². The zero-order chi connectivity index (χ0) is 20.8. The van der Waals surface area contributed by atoms with Crippen molar-refractivity contribution in [1.82, 2.24) is 4.90 Å². The maximum Gasteiger partial charge on any atom is 0.417 e. The number of alkyl halides is 3. The van der Waals surface area contributed by atoms with E-state index in [4.69, 9.17) is 4.74 Å². The van der Waals surface area contributed by atoms with Gasteiger partial charge < -0.3 is 9.64 Å². The monoisotopic (exact) mass is 467 g/mol. The molecule has 1 heterocycles. The van der Waals surface area contributed by atoms with Crippen molar-refractivity contribution in [3.63, 3.8) is 0 Å². The van der Waals surface area contributed by atoms with Crippen LogP contribution in [-0.4, -0.2) is 17.9 Å². The molecule has 3 nitrogen and oxygen atoms in total. The molecule has 1 saturated carbocycles. The van der Waals surface area contributed by atoms with Crippen LogP contribution < -0.4 is 4.74 Å². The second kappa shape index (κ2) is 7.35. The summed E-state index contributed by atoms with van der Waals surface area (Å²) in [6, 6.07) is 10.0. The van der Waals surface area contributed by atoms with Gasteiger partial charge in [0.05, 0.1) is 23.8 Å². The van der Waals surface area contributed by atoms with Crippen LogP contribution in [0.25, 0.3) is 0 Å². The molecular formula is C22H21BrF3NO2. The van der Waals surface area contributed by atoms with Gasteiger partial charge in [0.15, 0.2) is 0 Å². The van der Waals surface area contributed by atoms with Crippen molar-refractivity contribution < 1.29 is 22.7 Å². The smallest absolute Gasteiger partial charge is 0.417 e. The maximum absolute atomic E-state index is 13.8. The molecule has 0 saturated heterocycles. The topological polar surface area (TPSA) is 29.5 Å². The van der Waals surface area contributed by atoms with E-state index in [1.807, 2.05) is 12.1 Å². The van der Waals surface area contributed by atoms with E-state index in [0.29, 0.717) is 28.6 Å². The number of rotatable bonds is 3. The normalized spacial score (nSPS) is 18.2. The summed E-state index contributed by atoms with van der Waals surface area (Å²) in [6.45, 7) is 0.270. The predicted octanol–water partition coefficient (Wildman–Crippen LogP) is 6.29. The number of fused-ring (bicyclic) bond motifs is 2. The van der Waals surface area contributed by atoms with Gasteiger partial charge in [-0.25, -0.2) is 0 Å². The van der Waals surface area contributed by atoms with E-state index in [2.05, 4.69) is 15.9 Å². The van der Waals surface area contributed by atoms with Crippen LogP contribution in [0.1, 0.15) is 59.2 Å². The van der Waals surface area contributed by atoms with Gasteiger partial charge in [-0.1, -0.05) is 47.3 Å². The summed E-state index contributed by atoms with van der Waals surface area (Å²) < 4.78 is 46.9. The third kappa shape index (κ3) is 3.43. The number of halogens is 4. The summed E-state index contributed by atoms with van der Waals surface area (Å²) >= 11 is 3.24. The molecule has 0 atom stereocenters. The standard InChI is InChI=1S/C22H21BrF3NO2/c1-29-16-7-5-14(6-8-16)13-27-20(28)19-17(21(27)9-3-2-4-10-21)11-15(23)12-18(19)22(24,25)26/h5-8,11-12H,2-4,9-10,13H2,1H3. The number of carbonyl (C=O) groups is 1. The maximum atomic E-state index is 13.8. The lowest BCUT2D eigenvalue weighted by molar-refractivity contribution is -0.138. The molecule has 0 bridgehead atoms. The zero-order valence-corrected chi connectivity index (χ0v) is 17.6. The van der Waals surface area contributed by atoms with Crippen molar-refractivity contribution in [1.29, 1.82) is 0 Å². The highest BCUT2D eigenvalue weighted by molar-refractivity contribution is 9.10. The molecule has 2 aromatic carbocycles. The molecule has 2 aliphatic rings. The van der Waals surface area contributed by atoms with Gasteiger partial charge in [0.25, 0.3) is 5.91 Å². The van der Waals surface area contributed by atoms with E-state index in [1.54, 1.807) is 30.2 Å². The van der Waals surface area contributed by atoms with Crippen molar-refractivity contribution in [2.75, 3.05) is 7.11 Å². The van der Waals surface area contributed by atoms with Crippen LogP contribution in [0.4, 0.5) is 13.2 Å². The first-order valence-corrected chi connectivity index (χ1v) is 10.4. The van der Waals surface area contributed by atoms with Gasteiger partial charge in [0.2, 0.25) is 0 Å². The van der Waals surface area contributed by atoms with Crippen LogP contribution >= 0.6 is 15.9 Å². The lowest BCUT2D eigenvalue weighted by Gasteiger charge is -2.42. The Hall–Kier alpha value is -2.02. The van der Waals surface area contributed by atoms with Crippen molar-refractivity contribution in [3.05, 3.63) is 63.1 Å². The van der Waals surface area contributed by atoms with Crippen molar-refractivity contribution in [2.24, 2.45) is 0 Å². The third-order valence-corrected chi connectivity index (χ3v) is 6.52. The summed E-state index contributed by atoms with van der Waals surface area (Å²) in [5, 5.41) is 0. The Morgan fingerprint density at radius 1 is 1.10 bits per heavy atom. The average molecular weight is 468 g/mol. The minimum Gasteiger partial charge on any atom is -0.497 e. The van der Waals surface area contributed by atoms with Crippen molar-refractivity contribution in [2.45, 2.75) is 50.4 Å². The van der Waals surface area contributed by atoms with E-state index in [-0.39, 0.29) is 12.1 Å². The molecule has 7 heteroatoms. The van der Waals surface area contributed by atoms with E-state index < -0.39 is 23.2 Å². The minimum atomic E-state index is -4.59. The molecule has 1 aliphatic carbocycles. The zero-order valence-electron chi connectivity index (χ0n) is 16.0. The fraction of sp³-hybridized carbons (Fsp3) is 0.409. The van der Waals surface area contributed by atoms with Gasteiger partial charge in [0.1, 0.15) is 5.75 Å². The van der Waals surface area contributed by atoms with E-state index >= 15 is 0 Å². The quantitative estimate of drug-likeness (QED) is 0.530. The number of hydrogen-bond donors (Lipinski definition) is 0. The Morgan fingerprint density at radius 2 is 1.76 bits per heavy atom. The van der Waals surface area contributed by atoms with Crippen LogP contribution in [0.5, 0.6) is 5.75 Å². The summed E-state index contributed by atoms with van der Waals surface area (Å²) in [5.74, 6) is 0.165. The van der Waals surface area contributed by atoms with Gasteiger partial charge >= 0.3 is 6.18 Å². The van der Waals surface area contributed by atoms with Crippen LogP contribution in [0, 0.1) is 0 Å². The summed E-state index contributed by atoms with van der Waals surface area (Å²) in [6.07, 6.45) is -0.429. The van der Waals surface area contributed by atoms with Gasteiger partial charge in [-0.05, 0) is 48.2 Å². The molecule has 154 valence electrons. The van der Waals surface area contributed by atoms with E-state index in [1.165, 1.54) is 0 Å². The molecular weight excluding hydrogens is 447 g/mol. The average Bonchev–Trinajstić information content (AvgIpc) is 2.90. The van der Waals surface area contributed by atoms with Crippen LogP contribution in [-0.2, 0) is 18.3 Å². The number of benzene rings is 2. The first kappa shape index (κ1) is 20.3. The molecule has 0 unspecified atom stereocenters. The number of methoxy groups -OCH3 is 1. The molecule has 0 N–H and O–H groups in total. The number of hydrogen-bond acceptors (Lipinski definition) is 2. The van der Waals surface area contributed by atoms with Gasteiger partial charge in [-0.15, -0.1) is 0 Å². The number of ether oxygens (including phenoxy) is 1. The van der Waals surface area contributed by atoms with Crippen LogP contribution in [0.15, 0.2) is 40.9 Å². The molecule has 1 aliphatic heterocycles. The highest BCUT2D eigenvalue weighted by Crippen LogP contribution is 2.52. The van der Waals surface area contributed by atoms with Gasteiger partial charge in [0, 0.05) is 11.0 Å². The lowest BCUT2D eigenvalue weighted by Crippen LogP contribution is -2.44. The largest absolute Gasteiger partial charge is 0.497 e. The molecule has 4 rings (SSSR count). The minimum absolute atomic E-state index is 0.184. The highest BCUT2D eigenvalue weighted by Gasteiger charge is 2.53. The van der Waals surface area contributed by atoms with E-state index in [9.17, 15) is 18.0 Å². The number of carbonyl (C=O) groups excluding carboxylic acids is 1. The molecule has 2 aromatic rings. The van der Waals surface area contributed by atoms with Gasteiger partial charge in [-0.3, -0.25) is 4.79 Å². The molecule has 0 aromatic heterocycles. The lowest BCUT2D eigenvalue weighted by atomic mass is 9.76. The Balaban J connectivity index is 1.83. The molecule has 1 fully saturated rings. The molecule has 29 heavy (non-hydrogen) atoms. The third-order valence-electron chi connectivity index (χ3n) is 6.07. The van der Waals surface area contributed by atoms with Crippen molar-refractivity contribution in [3.8, 4) is 5.75 Å². The summed E-state index contributed by atoms with van der Waals surface area (Å²) in [7, 11) is 1.57. The Labute approximate surface area is 176 Å². The number of amides is 1. The Kier molecular flexibility index (Phi) is 5.13.